The number of pyridine rings is 1. The van der Waals surface area contributed by atoms with E-state index in [0.717, 1.165) is 11.3 Å². The maximum Gasteiger partial charge on any atom is 0.372 e. The van der Waals surface area contributed by atoms with Crippen molar-refractivity contribution in [1.82, 2.24) is 9.38 Å². The van der Waals surface area contributed by atoms with Crippen molar-refractivity contribution in [2.75, 3.05) is 11.9 Å². The molecule has 22 heavy (non-hydrogen) atoms. The van der Waals surface area contributed by atoms with Crippen LogP contribution in [0.15, 0.2) is 48.7 Å². The van der Waals surface area contributed by atoms with Gasteiger partial charge in [0.1, 0.15) is 12.4 Å². The van der Waals surface area contributed by atoms with Crippen LogP contribution in [-0.4, -0.2) is 20.9 Å². The van der Waals surface area contributed by atoms with Crippen LogP contribution in [-0.2, 0) is 0 Å². The molecule has 0 fully saturated rings. The number of para-hydroxylation sites is 1. The Morgan fingerprint density at radius 1 is 1.27 bits per heavy atom. The summed E-state index contributed by atoms with van der Waals surface area (Å²) in [4.78, 5) is 15.3. The molecule has 1 unspecified atom stereocenters. The monoisotopic (exact) mass is 296 g/mol. The van der Waals surface area contributed by atoms with Crippen molar-refractivity contribution in [3.8, 4) is 5.75 Å². The number of aromatic nitrogens is 2. The highest BCUT2D eigenvalue weighted by molar-refractivity contribution is 5.63. The van der Waals surface area contributed by atoms with Gasteiger partial charge in [0, 0.05) is 11.6 Å². The van der Waals surface area contributed by atoms with Crippen LogP contribution in [0.25, 0.3) is 5.65 Å². The van der Waals surface area contributed by atoms with Crippen LogP contribution in [0.1, 0.15) is 11.6 Å². The van der Waals surface area contributed by atoms with Crippen molar-refractivity contribution in [1.29, 1.82) is 0 Å². The molecule has 0 bridgehead atoms. The number of anilines is 1. The zero-order valence-electron chi connectivity index (χ0n) is 11.5. The van der Waals surface area contributed by atoms with Gasteiger partial charge in [-0.05, 0) is 17.1 Å². The highest BCUT2D eigenvalue weighted by atomic mass is 16.6. The predicted molar refractivity (Wildman–Crippen MR) is 80.1 cm³/mol. The molecule has 1 N–H and O–H groups in total. The van der Waals surface area contributed by atoms with Crippen LogP contribution in [0.2, 0.25) is 0 Å². The zero-order chi connectivity index (χ0) is 15.1. The second-order valence-electron chi connectivity index (χ2n) is 5.02. The Morgan fingerprint density at radius 3 is 2.95 bits per heavy atom. The van der Waals surface area contributed by atoms with Gasteiger partial charge in [-0.1, -0.05) is 24.3 Å². The fourth-order valence-electron chi connectivity index (χ4n) is 2.70. The lowest BCUT2D eigenvalue weighted by atomic mass is 10.1. The summed E-state index contributed by atoms with van der Waals surface area (Å²) in [6.07, 6.45) is 1.63. The lowest BCUT2D eigenvalue weighted by Crippen LogP contribution is -2.13. The molecule has 1 aromatic carbocycles. The summed E-state index contributed by atoms with van der Waals surface area (Å²) in [7, 11) is 0. The number of imidazole rings is 1. The highest BCUT2D eigenvalue weighted by Gasteiger charge is 2.29. The average Bonchev–Trinajstić information content (AvgIpc) is 3.09. The third kappa shape index (κ3) is 1.86. The summed E-state index contributed by atoms with van der Waals surface area (Å²) in [5.41, 5.74) is 1.51. The molecule has 7 nitrogen and oxygen atoms in total. The lowest BCUT2D eigenvalue weighted by molar-refractivity contribution is -0.389. The normalized spacial score (nSPS) is 16.3. The molecule has 110 valence electrons. The minimum absolute atomic E-state index is 0.0695. The number of hydrogen-bond donors (Lipinski definition) is 1. The van der Waals surface area contributed by atoms with Crippen molar-refractivity contribution in [2.45, 2.75) is 6.04 Å². The molecular weight excluding hydrogens is 284 g/mol. The number of nitrogens with zero attached hydrogens (tertiary/aromatic N) is 3. The van der Waals surface area contributed by atoms with E-state index in [9.17, 15) is 10.1 Å². The van der Waals surface area contributed by atoms with Crippen LogP contribution >= 0.6 is 0 Å². The molecule has 1 aliphatic heterocycles. The van der Waals surface area contributed by atoms with E-state index in [4.69, 9.17) is 4.74 Å². The molecule has 3 heterocycles. The van der Waals surface area contributed by atoms with Crippen LogP contribution in [0.4, 0.5) is 11.6 Å². The molecule has 0 aliphatic carbocycles. The van der Waals surface area contributed by atoms with Gasteiger partial charge in [-0.15, -0.1) is 0 Å². The molecule has 1 aliphatic rings. The Bertz CT molecular complexity index is 874. The van der Waals surface area contributed by atoms with Crippen molar-refractivity contribution in [3.05, 3.63) is 64.3 Å². The van der Waals surface area contributed by atoms with E-state index < -0.39 is 4.92 Å². The number of benzene rings is 1. The Morgan fingerprint density at radius 2 is 2.09 bits per heavy atom. The number of hydrogen-bond acceptors (Lipinski definition) is 5. The standard InChI is InChI=1S/C15H12N4O3/c20-19(21)15-14(17-13-7-3-4-8-18(13)15)16-11-9-22-12-6-2-1-5-10(11)12/h1-8,11,16H,9H2. The minimum Gasteiger partial charge on any atom is -0.491 e. The zero-order valence-corrected chi connectivity index (χ0v) is 11.5. The summed E-state index contributed by atoms with van der Waals surface area (Å²) in [5, 5.41) is 14.5. The molecule has 0 radical (unpaired) electrons. The molecule has 0 spiro atoms. The largest absolute Gasteiger partial charge is 0.491 e. The minimum atomic E-state index is -0.427. The maximum absolute atomic E-state index is 11.4. The van der Waals surface area contributed by atoms with Gasteiger partial charge < -0.3 is 20.2 Å². The van der Waals surface area contributed by atoms with Gasteiger partial charge in [0.25, 0.3) is 0 Å². The van der Waals surface area contributed by atoms with Crippen molar-refractivity contribution >= 4 is 17.3 Å². The van der Waals surface area contributed by atoms with E-state index in [1.165, 1.54) is 4.40 Å². The lowest BCUT2D eigenvalue weighted by Gasteiger charge is -2.10. The Labute approximate surface area is 125 Å². The van der Waals surface area contributed by atoms with Crippen molar-refractivity contribution < 1.29 is 9.66 Å². The first-order chi connectivity index (χ1) is 10.7. The summed E-state index contributed by atoms with van der Waals surface area (Å²) >= 11 is 0. The van der Waals surface area contributed by atoms with Crippen LogP contribution in [0.5, 0.6) is 5.75 Å². The molecule has 4 rings (SSSR count). The molecule has 0 amide bonds. The first kappa shape index (κ1) is 12.6. The van der Waals surface area contributed by atoms with E-state index >= 15 is 0 Å². The SMILES string of the molecule is O=[N+]([O-])c1c(NC2COc3ccccc32)nc2ccccn12. The van der Waals surface area contributed by atoms with Gasteiger partial charge in [-0.2, -0.15) is 9.38 Å². The molecule has 0 saturated heterocycles. The Kier molecular flexibility index (Phi) is 2.72. The number of nitrogens with one attached hydrogen (secondary N) is 1. The fraction of sp³-hybridized carbons (Fsp3) is 0.133. The molecule has 2 aromatic heterocycles. The molecule has 7 heteroatoms. The summed E-state index contributed by atoms with van der Waals surface area (Å²) in [6.45, 7) is 0.421. The predicted octanol–water partition coefficient (Wildman–Crippen LogP) is 2.79. The molecular formula is C15H12N4O3. The van der Waals surface area contributed by atoms with Crippen LogP contribution in [0, 0.1) is 10.1 Å². The number of rotatable bonds is 3. The van der Waals surface area contributed by atoms with Gasteiger partial charge in [0.2, 0.25) is 11.5 Å². The van der Waals surface area contributed by atoms with Crippen LogP contribution < -0.4 is 10.1 Å². The van der Waals surface area contributed by atoms with Gasteiger partial charge in [0.15, 0.2) is 0 Å². The van der Waals surface area contributed by atoms with E-state index in [-0.39, 0.29) is 17.7 Å². The topological polar surface area (TPSA) is 81.7 Å². The second-order valence-corrected chi connectivity index (χ2v) is 5.02. The van der Waals surface area contributed by atoms with E-state index in [2.05, 4.69) is 10.3 Å². The molecule has 0 saturated carbocycles. The second kappa shape index (κ2) is 4.73. The quantitative estimate of drug-likeness (QED) is 0.593. The maximum atomic E-state index is 11.4. The van der Waals surface area contributed by atoms with Gasteiger partial charge in [0.05, 0.1) is 12.2 Å². The molecule has 1 atom stereocenters. The third-order valence-electron chi connectivity index (χ3n) is 3.69. The van der Waals surface area contributed by atoms with Gasteiger partial charge >= 0.3 is 5.82 Å². The summed E-state index contributed by atoms with van der Waals surface area (Å²) < 4.78 is 7.05. The first-order valence-corrected chi connectivity index (χ1v) is 6.84. The van der Waals surface area contributed by atoms with Crippen molar-refractivity contribution in [2.24, 2.45) is 0 Å². The van der Waals surface area contributed by atoms with E-state index in [1.54, 1.807) is 24.4 Å². The van der Waals surface area contributed by atoms with Gasteiger partial charge in [-0.25, -0.2) is 0 Å². The highest BCUT2D eigenvalue weighted by Crippen LogP contribution is 2.36. The number of fused-ring (bicyclic) bond motifs is 2. The van der Waals surface area contributed by atoms with Crippen molar-refractivity contribution in [3.63, 3.8) is 0 Å². The van der Waals surface area contributed by atoms with Crippen LogP contribution in [0.3, 0.4) is 0 Å². The fourth-order valence-corrected chi connectivity index (χ4v) is 2.70. The number of ether oxygens (including phenoxy) is 1. The summed E-state index contributed by atoms with van der Waals surface area (Å²) in [6, 6.07) is 12.8. The smallest absolute Gasteiger partial charge is 0.372 e. The Hall–Kier alpha value is -3.09. The number of nitro groups is 1. The first-order valence-electron chi connectivity index (χ1n) is 6.84. The van der Waals surface area contributed by atoms with E-state index in [0.29, 0.717) is 12.3 Å². The Balaban J connectivity index is 1.76. The van der Waals surface area contributed by atoms with E-state index in [1.807, 2.05) is 24.3 Å². The average molecular weight is 296 g/mol. The third-order valence-corrected chi connectivity index (χ3v) is 3.69. The molecule has 3 aromatic rings. The van der Waals surface area contributed by atoms with Gasteiger partial charge in [-0.3, -0.25) is 0 Å². The summed E-state index contributed by atoms with van der Waals surface area (Å²) in [5.74, 6) is 0.980.